The molecular weight excluding hydrogens is 328 g/mol. The summed E-state index contributed by atoms with van der Waals surface area (Å²) in [5, 5.41) is 3.39. The van der Waals surface area contributed by atoms with Gasteiger partial charge in [0.15, 0.2) is 0 Å². The van der Waals surface area contributed by atoms with Crippen molar-refractivity contribution in [3.8, 4) is 0 Å². The minimum absolute atomic E-state index is 0.0921. The van der Waals surface area contributed by atoms with Crippen molar-refractivity contribution in [3.05, 3.63) is 48.2 Å². The first kappa shape index (κ1) is 16.8. The lowest BCUT2D eigenvalue weighted by Gasteiger charge is -2.30. The van der Waals surface area contributed by atoms with E-state index in [-0.39, 0.29) is 5.91 Å². The maximum atomic E-state index is 12.6. The van der Waals surface area contributed by atoms with E-state index in [4.69, 9.17) is 4.74 Å². The van der Waals surface area contributed by atoms with Gasteiger partial charge in [-0.3, -0.25) is 4.79 Å². The molecular formula is C20H24N4O2. The van der Waals surface area contributed by atoms with Gasteiger partial charge in [0.05, 0.1) is 24.6 Å². The molecule has 0 atom stereocenters. The van der Waals surface area contributed by atoms with E-state index in [1.54, 1.807) is 12.3 Å². The topological polar surface area (TPSA) is 57.7 Å². The zero-order valence-corrected chi connectivity index (χ0v) is 14.9. The Morgan fingerprint density at radius 2 is 1.81 bits per heavy atom. The standard InChI is InChI=1S/C20H24N4O2/c25-20(24-9-3-4-10-24)16-7-8-21-19(15-16)22-17-5-1-2-6-18(17)23-11-13-26-14-12-23/h1-2,5-8,15H,3-4,9-14H2,(H,21,22). The first-order chi connectivity index (χ1) is 12.8. The highest BCUT2D eigenvalue weighted by Crippen LogP contribution is 2.29. The number of aromatic nitrogens is 1. The minimum atomic E-state index is 0.0921. The third-order valence-corrected chi connectivity index (χ3v) is 4.92. The smallest absolute Gasteiger partial charge is 0.254 e. The Bertz CT molecular complexity index is 768. The number of morpholine rings is 1. The third-order valence-electron chi connectivity index (χ3n) is 4.92. The maximum absolute atomic E-state index is 12.6. The molecule has 0 aliphatic carbocycles. The Morgan fingerprint density at radius 3 is 2.62 bits per heavy atom. The normalized spacial score (nSPS) is 17.4. The summed E-state index contributed by atoms with van der Waals surface area (Å²) in [6.45, 7) is 4.94. The average molecular weight is 352 g/mol. The van der Waals surface area contributed by atoms with Crippen molar-refractivity contribution in [2.24, 2.45) is 0 Å². The van der Waals surface area contributed by atoms with E-state index < -0.39 is 0 Å². The monoisotopic (exact) mass is 352 g/mol. The highest BCUT2D eigenvalue weighted by molar-refractivity contribution is 5.95. The summed E-state index contributed by atoms with van der Waals surface area (Å²) in [4.78, 5) is 21.2. The van der Waals surface area contributed by atoms with Crippen LogP contribution in [-0.4, -0.2) is 55.2 Å². The number of benzene rings is 1. The number of amides is 1. The van der Waals surface area contributed by atoms with Gasteiger partial charge in [0, 0.05) is 37.9 Å². The van der Waals surface area contributed by atoms with Crippen molar-refractivity contribution in [1.82, 2.24) is 9.88 Å². The number of carbonyl (C=O) groups is 1. The SMILES string of the molecule is O=C(c1ccnc(Nc2ccccc2N2CCOCC2)c1)N1CCCC1. The fourth-order valence-corrected chi connectivity index (χ4v) is 3.53. The van der Waals surface area contributed by atoms with E-state index in [1.807, 2.05) is 29.2 Å². The molecule has 1 aromatic carbocycles. The average Bonchev–Trinajstić information content (AvgIpc) is 3.24. The van der Waals surface area contributed by atoms with Crippen LogP contribution in [0.3, 0.4) is 0 Å². The predicted octanol–water partition coefficient (Wildman–Crippen LogP) is 2.90. The molecule has 0 unspecified atom stereocenters. The van der Waals surface area contributed by atoms with Gasteiger partial charge in [0.2, 0.25) is 0 Å². The molecule has 2 fully saturated rings. The molecule has 6 nitrogen and oxygen atoms in total. The largest absolute Gasteiger partial charge is 0.378 e. The molecule has 0 bridgehead atoms. The zero-order chi connectivity index (χ0) is 17.8. The minimum Gasteiger partial charge on any atom is -0.378 e. The third kappa shape index (κ3) is 3.65. The van der Waals surface area contributed by atoms with Gasteiger partial charge < -0.3 is 19.9 Å². The summed E-state index contributed by atoms with van der Waals surface area (Å²) in [5.41, 5.74) is 2.81. The Labute approximate surface area is 153 Å². The quantitative estimate of drug-likeness (QED) is 0.917. The number of hydrogen-bond donors (Lipinski definition) is 1. The van der Waals surface area contributed by atoms with Gasteiger partial charge >= 0.3 is 0 Å². The van der Waals surface area contributed by atoms with E-state index in [2.05, 4.69) is 21.3 Å². The second kappa shape index (κ2) is 7.74. The number of likely N-dealkylation sites (tertiary alicyclic amines) is 1. The van der Waals surface area contributed by atoms with Crippen molar-refractivity contribution >= 4 is 23.1 Å². The second-order valence-corrected chi connectivity index (χ2v) is 6.67. The van der Waals surface area contributed by atoms with Gasteiger partial charge in [0.1, 0.15) is 5.82 Å². The fourth-order valence-electron chi connectivity index (χ4n) is 3.53. The van der Waals surface area contributed by atoms with Crippen LogP contribution in [0.25, 0.3) is 0 Å². The van der Waals surface area contributed by atoms with E-state index in [0.29, 0.717) is 11.4 Å². The van der Waals surface area contributed by atoms with Crippen LogP contribution < -0.4 is 10.2 Å². The van der Waals surface area contributed by atoms with Crippen molar-refractivity contribution < 1.29 is 9.53 Å². The van der Waals surface area contributed by atoms with E-state index in [0.717, 1.165) is 63.6 Å². The lowest BCUT2D eigenvalue weighted by molar-refractivity contribution is 0.0792. The number of rotatable bonds is 4. The van der Waals surface area contributed by atoms with Crippen LogP contribution in [-0.2, 0) is 4.74 Å². The van der Waals surface area contributed by atoms with Crippen LogP contribution >= 0.6 is 0 Å². The summed E-state index contributed by atoms with van der Waals surface area (Å²) in [7, 11) is 0. The summed E-state index contributed by atoms with van der Waals surface area (Å²) < 4.78 is 5.45. The number of ether oxygens (including phenoxy) is 1. The van der Waals surface area contributed by atoms with Gasteiger partial charge in [-0.25, -0.2) is 4.98 Å². The van der Waals surface area contributed by atoms with Gasteiger partial charge in [-0.2, -0.15) is 0 Å². The van der Waals surface area contributed by atoms with Gasteiger partial charge in [-0.1, -0.05) is 12.1 Å². The molecule has 1 N–H and O–H groups in total. The van der Waals surface area contributed by atoms with Crippen LogP contribution in [0.5, 0.6) is 0 Å². The lowest BCUT2D eigenvalue weighted by Crippen LogP contribution is -2.36. The maximum Gasteiger partial charge on any atom is 0.254 e. The molecule has 136 valence electrons. The Balaban J connectivity index is 1.54. The van der Waals surface area contributed by atoms with E-state index in [9.17, 15) is 4.79 Å². The van der Waals surface area contributed by atoms with Crippen LogP contribution in [0, 0.1) is 0 Å². The number of carbonyl (C=O) groups excluding carboxylic acids is 1. The van der Waals surface area contributed by atoms with Crippen LogP contribution in [0.2, 0.25) is 0 Å². The van der Waals surface area contributed by atoms with E-state index >= 15 is 0 Å². The molecule has 0 spiro atoms. The van der Waals surface area contributed by atoms with Crippen LogP contribution in [0.4, 0.5) is 17.2 Å². The Hall–Kier alpha value is -2.60. The highest BCUT2D eigenvalue weighted by atomic mass is 16.5. The van der Waals surface area contributed by atoms with Crippen molar-refractivity contribution in [2.75, 3.05) is 49.6 Å². The molecule has 1 amide bonds. The number of anilines is 3. The number of pyridine rings is 1. The van der Waals surface area contributed by atoms with Gasteiger partial charge in [-0.15, -0.1) is 0 Å². The van der Waals surface area contributed by atoms with Crippen molar-refractivity contribution in [2.45, 2.75) is 12.8 Å². The van der Waals surface area contributed by atoms with Crippen LogP contribution in [0.15, 0.2) is 42.6 Å². The number of hydrogen-bond acceptors (Lipinski definition) is 5. The predicted molar refractivity (Wildman–Crippen MR) is 102 cm³/mol. The molecule has 2 aliphatic rings. The summed E-state index contributed by atoms with van der Waals surface area (Å²) >= 11 is 0. The first-order valence-electron chi connectivity index (χ1n) is 9.25. The lowest BCUT2D eigenvalue weighted by atomic mass is 10.2. The molecule has 2 aliphatic heterocycles. The first-order valence-corrected chi connectivity index (χ1v) is 9.25. The second-order valence-electron chi connectivity index (χ2n) is 6.67. The number of nitrogens with zero attached hydrogens (tertiary/aromatic N) is 3. The van der Waals surface area contributed by atoms with E-state index in [1.165, 1.54) is 0 Å². The van der Waals surface area contributed by atoms with Crippen molar-refractivity contribution in [1.29, 1.82) is 0 Å². The van der Waals surface area contributed by atoms with Gasteiger partial charge in [-0.05, 0) is 37.1 Å². The van der Waals surface area contributed by atoms with Crippen LogP contribution in [0.1, 0.15) is 23.2 Å². The molecule has 3 heterocycles. The molecule has 0 saturated carbocycles. The fraction of sp³-hybridized carbons (Fsp3) is 0.400. The molecule has 2 aromatic rings. The van der Waals surface area contributed by atoms with Crippen molar-refractivity contribution in [3.63, 3.8) is 0 Å². The molecule has 2 saturated heterocycles. The Morgan fingerprint density at radius 1 is 1.04 bits per heavy atom. The molecule has 1 aromatic heterocycles. The molecule has 0 radical (unpaired) electrons. The number of para-hydroxylation sites is 2. The molecule has 6 heteroatoms. The Kier molecular flexibility index (Phi) is 5.02. The molecule has 26 heavy (non-hydrogen) atoms. The summed E-state index contributed by atoms with van der Waals surface area (Å²) in [6, 6.07) is 11.8. The number of nitrogens with one attached hydrogen (secondary N) is 1. The van der Waals surface area contributed by atoms with Gasteiger partial charge in [0.25, 0.3) is 5.91 Å². The summed E-state index contributed by atoms with van der Waals surface area (Å²) in [6.07, 6.45) is 3.88. The summed E-state index contributed by atoms with van der Waals surface area (Å²) in [5.74, 6) is 0.783. The zero-order valence-electron chi connectivity index (χ0n) is 14.9. The highest BCUT2D eigenvalue weighted by Gasteiger charge is 2.20. The molecule has 4 rings (SSSR count).